The number of hydrogen-bond acceptors (Lipinski definition) is 5. The van der Waals surface area contributed by atoms with Crippen LogP contribution in [0, 0.1) is 11.2 Å². The molecule has 1 saturated heterocycles. The maximum Gasteiger partial charge on any atom is 0.407 e. The highest BCUT2D eigenvalue weighted by Gasteiger charge is 2.46. The number of carbonyl (C=O) groups is 1. The third-order valence-corrected chi connectivity index (χ3v) is 4.66. The molecule has 0 bridgehead atoms. The topological polar surface area (TPSA) is 77.5 Å². The minimum absolute atomic E-state index is 0.0487. The van der Waals surface area contributed by atoms with Crippen LogP contribution in [0.3, 0.4) is 0 Å². The van der Waals surface area contributed by atoms with Gasteiger partial charge in [-0.1, -0.05) is 12.1 Å². The van der Waals surface area contributed by atoms with E-state index in [1.165, 1.54) is 31.3 Å². The summed E-state index contributed by atoms with van der Waals surface area (Å²) in [5.41, 5.74) is 0.296. The van der Waals surface area contributed by atoms with Gasteiger partial charge in [-0.2, -0.15) is 0 Å². The van der Waals surface area contributed by atoms with Crippen LogP contribution in [-0.4, -0.2) is 70.2 Å². The zero-order chi connectivity index (χ0) is 19.0. The second-order valence-electron chi connectivity index (χ2n) is 6.47. The molecule has 1 fully saturated rings. The van der Waals surface area contributed by atoms with Crippen molar-refractivity contribution < 1.29 is 33.2 Å². The van der Waals surface area contributed by atoms with Gasteiger partial charge in [0.25, 0.3) is 0 Å². The van der Waals surface area contributed by atoms with E-state index in [1.807, 2.05) is 0 Å². The third-order valence-electron chi connectivity index (χ3n) is 4.66. The number of hydrogen-bond donors (Lipinski definition) is 1. The maximum absolute atomic E-state index is 13.3. The second kappa shape index (κ2) is 9.82. The summed E-state index contributed by atoms with van der Waals surface area (Å²) in [6.07, 6.45) is -0.393. The van der Waals surface area contributed by atoms with Crippen molar-refractivity contribution in [3.8, 4) is 0 Å². The Bertz CT molecular complexity index is 557. The highest BCUT2D eigenvalue weighted by molar-refractivity contribution is 5.65. The molecule has 0 aliphatic carbocycles. The molecule has 1 aromatic carbocycles. The van der Waals surface area contributed by atoms with Crippen molar-refractivity contribution in [2.75, 3.05) is 54.1 Å². The Labute approximate surface area is 152 Å². The summed E-state index contributed by atoms with van der Waals surface area (Å²) >= 11 is 0. The van der Waals surface area contributed by atoms with E-state index >= 15 is 0 Å². The van der Waals surface area contributed by atoms with Gasteiger partial charge >= 0.3 is 6.09 Å². The number of rotatable bonds is 9. The predicted molar refractivity (Wildman–Crippen MR) is 91.4 cm³/mol. The van der Waals surface area contributed by atoms with Gasteiger partial charge in [0.05, 0.1) is 13.2 Å². The van der Waals surface area contributed by atoms with Gasteiger partial charge in [-0.15, -0.1) is 0 Å². The molecule has 0 radical (unpaired) electrons. The SMILES string of the molecule is COCOCC1(COCOC)CN(C(=O)O)CCC1c1ccc(F)cc1. The largest absolute Gasteiger partial charge is 0.465 e. The van der Waals surface area contributed by atoms with E-state index in [1.54, 1.807) is 12.1 Å². The van der Waals surface area contributed by atoms with E-state index in [0.717, 1.165) is 5.56 Å². The lowest BCUT2D eigenvalue weighted by Crippen LogP contribution is -2.54. The molecule has 1 aliphatic rings. The number of methoxy groups -OCH3 is 2. The Morgan fingerprint density at radius 3 is 2.27 bits per heavy atom. The number of halogens is 1. The summed E-state index contributed by atoms with van der Waals surface area (Å²) in [5, 5.41) is 9.45. The standard InChI is InChI=1S/C18H26FNO6/c1-23-12-25-10-18(11-26-13-24-2)9-20(17(21)22)8-7-16(18)14-3-5-15(19)6-4-14/h3-6,16H,7-13H2,1-2H3,(H,21,22). The number of benzene rings is 1. The molecule has 1 aliphatic heterocycles. The first kappa shape index (κ1) is 20.6. The first-order valence-corrected chi connectivity index (χ1v) is 8.39. The van der Waals surface area contributed by atoms with Crippen molar-refractivity contribution >= 4 is 6.09 Å². The van der Waals surface area contributed by atoms with Gasteiger partial charge in [0.15, 0.2) is 0 Å². The molecule has 1 heterocycles. The van der Waals surface area contributed by atoms with Crippen LogP contribution < -0.4 is 0 Å². The zero-order valence-corrected chi connectivity index (χ0v) is 15.2. The first-order valence-electron chi connectivity index (χ1n) is 8.39. The lowest BCUT2D eigenvalue weighted by Gasteiger charge is -2.47. The van der Waals surface area contributed by atoms with E-state index in [0.29, 0.717) is 13.0 Å². The number of amides is 1. The lowest BCUT2D eigenvalue weighted by molar-refractivity contribution is -0.131. The summed E-state index contributed by atoms with van der Waals surface area (Å²) in [6.45, 7) is 1.32. The van der Waals surface area contributed by atoms with Crippen molar-refractivity contribution in [2.45, 2.75) is 12.3 Å². The van der Waals surface area contributed by atoms with Crippen molar-refractivity contribution in [1.29, 1.82) is 0 Å². The third kappa shape index (κ3) is 5.14. The fourth-order valence-corrected chi connectivity index (χ4v) is 3.53. The summed E-state index contributed by atoms with van der Waals surface area (Å²) in [5.74, 6) is -0.360. The molecule has 2 rings (SSSR count). The van der Waals surface area contributed by atoms with Crippen LogP contribution in [0.5, 0.6) is 0 Å². The lowest BCUT2D eigenvalue weighted by atomic mass is 9.68. The van der Waals surface area contributed by atoms with Crippen LogP contribution in [0.2, 0.25) is 0 Å². The van der Waals surface area contributed by atoms with Crippen molar-refractivity contribution in [3.63, 3.8) is 0 Å². The Hall–Kier alpha value is -1.74. The Morgan fingerprint density at radius 2 is 1.77 bits per heavy atom. The number of nitrogens with zero attached hydrogens (tertiary/aromatic N) is 1. The summed E-state index contributed by atoms with van der Waals surface area (Å²) in [4.78, 5) is 12.9. The molecule has 26 heavy (non-hydrogen) atoms. The first-order chi connectivity index (χ1) is 12.5. The van der Waals surface area contributed by atoms with Crippen LogP contribution >= 0.6 is 0 Å². The fourth-order valence-electron chi connectivity index (χ4n) is 3.53. The highest BCUT2D eigenvalue weighted by Crippen LogP contribution is 2.43. The van der Waals surface area contributed by atoms with Crippen LogP contribution in [0.15, 0.2) is 24.3 Å². The van der Waals surface area contributed by atoms with Gasteiger partial charge in [0.2, 0.25) is 0 Å². The van der Waals surface area contributed by atoms with Crippen LogP contribution in [0.25, 0.3) is 0 Å². The number of likely N-dealkylation sites (tertiary alicyclic amines) is 1. The molecule has 146 valence electrons. The number of piperidine rings is 1. The highest BCUT2D eigenvalue weighted by atomic mass is 19.1. The van der Waals surface area contributed by atoms with Gasteiger partial charge in [-0.25, -0.2) is 9.18 Å². The minimum Gasteiger partial charge on any atom is -0.465 e. The summed E-state index contributed by atoms with van der Waals surface area (Å²) in [7, 11) is 3.05. The maximum atomic E-state index is 13.3. The predicted octanol–water partition coefficient (Wildman–Crippen LogP) is 2.52. The normalized spacial score (nSPS) is 19.5. The van der Waals surface area contributed by atoms with E-state index < -0.39 is 11.5 Å². The Balaban J connectivity index is 2.32. The average Bonchev–Trinajstić information content (AvgIpc) is 2.63. The average molecular weight is 371 g/mol. The summed E-state index contributed by atoms with van der Waals surface area (Å²) in [6, 6.07) is 6.29. The quantitative estimate of drug-likeness (QED) is 0.531. The van der Waals surface area contributed by atoms with Crippen LogP contribution in [-0.2, 0) is 18.9 Å². The van der Waals surface area contributed by atoms with Gasteiger partial charge in [-0.3, -0.25) is 0 Å². The molecular formula is C18H26FNO6. The van der Waals surface area contributed by atoms with E-state index in [-0.39, 0.29) is 45.1 Å². The number of carboxylic acid groups (broad SMARTS) is 1. The molecule has 0 spiro atoms. The van der Waals surface area contributed by atoms with Crippen LogP contribution in [0.1, 0.15) is 17.9 Å². The molecule has 1 N–H and O–H groups in total. The fraction of sp³-hybridized carbons (Fsp3) is 0.611. The van der Waals surface area contributed by atoms with Gasteiger partial charge in [-0.05, 0) is 30.0 Å². The van der Waals surface area contributed by atoms with Crippen LogP contribution in [0.4, 0.5) is 9.18 Å². The minimum atomic E-state index is -0.981. The molecule has 0 saturated carbocycles. The molecule has 1 aromatic rings. The molecule has 1 unspecified atom stereocenters. The van der Waals surface area contributed by atoms with E-state index in [9.17, 15) is 14.3 Å². The Morgan fingerprint density at radius 1 is 1.19 bits per heavy atom. The van der Waals surface area contributed by atoms with Crippen molar-refractivity contribution in [2.24, 2.45) is 5.41 Å². The molecule has 1 atom stereocenters. The summed E-state index contributed by atoms with van der Waals surface area (Å²) < 4.78 is 34.5. The number of ether oxygens (including phenoxy) is 4. The molecule has 8 heteroatoms. The zero-order valence-electron chi connectivity index (χ0n) is 15.2. The molecule has 0 aromatic heterocycles. The second-order valence-corrected chi connectivity index (χ2v) is 6.47. The van der Waals surface area contributed by atoms with Gasteiger partial charge in [0, 0.05) is 32.7 Å². The van der Waals surface area contributed by atoms with Crippen molar-refractivity contribution in [3.05, 3.63) is 35.6 Å². The molecular weight excluding hydrogens is 345 g/mol. The smallest absolute Gasteiger partial charge is 0.407 e. The van der Waals surface area contributed by atoms with Crippen molar-refractivity contribution in [1.82, 2.24) is 4.90 Å². The van der Waals surface area contributed by atoms with E-state index in [4.69, 9.17) is 18.9 Å². The monoisotopic (exact) mass is 371 g/mol. The molecule has 7 nitrogen and oxygen atoms in total. The van der Waals surface area contributed by atoms with Gasteiger partial charge in [0.1, 0.15) is 19.4 Å². The van der Waals surface area contributed by atoms with Gasteiger partial charge < -0.3 is 29.0 Å². The van der Waals surface area contributed by atoms with E-state index in [2.05, 4.69) is 0 Å². The molecule has 1 amide bonds. The Kier molecular flexibility index (Phi) is 7.77.